The van der Waals surface area contributed by atoms with Gasteiger partial charge < -0.3 is 4.74 Å². The highest BCUT2D eigenvalue weighted by molar-refractivity contribution is 8.15. The molecule has 4 nitrogen and oxygen atoms in total. The molecule has 1 aliphatic carbocycles. The third kappa shape index (κ3) is 5.86. The van der Waals surface area contributed by atoms with Gasteiger partial charge >= 0.3 is 0 Å². The molecule has 0 unspecified atom stereocenters. The Morgan fingerprint density at radius 3 is 2.13 bits per heavy atom. The average molecular weight is 836 g/mol. The summed E-state index contributed by atoms with van der Waals surface area (Å²) in [5.41, 5.74) is 19.9. The molecule has 7 aromatic rings. The van der Waals surface area contributed by atoms with Crippen LogP contribution < -0.4 is 4.74 Å². The van der Waals surface area contributed by atoms with Crippen LogP contribution >= 0.6 is 11.8 Å². The van der Waals surface area contributed by atoms with Crippen molar-refractivity contribution in [1.82, 2.24) is 9.55 Å². The Balaban J connectivity index is 1.16. The SMILES string of the molecule is Cc1cc2c(cc1Oc1cc(C3=N[C@]4(C)Cc5c(ccc(C)c5C)[C@]4(C)S3)cc(-c3c(C(C)C)cccc3C(C)C)c1)-n1c3ncccc3c3cc(C(C)(C)C)cc(c31)C2(C)C. The smallest absolute Gasteiger partial charge is 0.145 e. The zero-order valence-corrected chi connectivity index (χ0v) is 40.0. The van der Waals surface area contributed by atoms with E-state index >= 15 is 0 Å². The molecule has 0 spiro atoms. The Kier molecular flexibility index (Phi) is 9.03. The lowest BCUT2D eigenvalue weighted by Gasteiger charge is -2.36. The van der Waals surface area contributed by atoms with E-state index in [1.165, 1.54) is 77.5 Å². The number of aromatic nitrogens is 2. The van der Waals surface area contributed by atoms with Crippen molar-refractivity contribution < 1.29 is 4.74 Å². The topological polar surface area (TPSA) is 39.4 Å². The Hall–Kier alpha value is -5.13. The summed E-state index contributed by atoms with van der Waals surface area (Å²) < 4.78 is 9.51. The average Bonchev–Trinajstić information content (AvgIpc) is 3.77. The predicted octanol–water partition coefficient (Wildman–Crippen LogP) is 15.5. The minimum absolute atomic E-state index is 0.00371. The number of nitrogens with zero attached hydrogens (tertiary/aromatic N) is 3. The third-order valence-electron chi connectivity index (χ3n) is 15.0. The van der Waals surface area contributed by atoms with Gasteiger partial charge in [-0.25, -0.2) is 4.98 Å². The van der Waals surface area contributed by atoms with Gasteiger partial charge in [-0.2, -0.15) is 0 Å². The van der Waals surface area contributed by atoms with Gasteiger partial charge in [0.2, 0.25) is 0 Å². The van der Waals surface area contributed by atoms with E-state index in [9.17, 15) is 0 Å². The van der Waals surface area contributed by atoms with Crippen LogP contribution in [0.25, 0.3) is 38.8 Å². The maximum Gasteiger partial charge on any atom is 0.145 e. The second-order valence-corrected chi connectivity index (χ2v) is 22.6. The molecule has 3 aliphatic rings. The molecule has 0 N–H and O–H groups in total. The molecule has 316 valence electrons. The first-order chi connectivity index (χ1) is 29.2. The van der Waals surface area contributed by atoms with E-state index in [0.717, 1.165) is 45.4 Å². The van der Waals surface area contributed by atoms with E-state index < -0.39 is 0 Å². The molecule has 5 aromatic carbocycles. The molecular weight excluding hydrogens is 775 g/mol. The maximum absolute atomic E-state index is 7.27. The second-order valence-electron chi connectivity index (χ2n) is 21.1. The van der Waals surface area contributed by atoms with E-state index in [2.05, 4.69) is 186 Å². The van der Waals surface area contributed by atoms with Crippen LogP contribution in [0.15, 0.2) is 96.1 Å². The third-order valence-corrected chi connectivity index (χ3v) is 16.6. The number of benzene rings is 5. The van der Waals surface area contributed by atoms with E-state index in [-0.39, 0.29) is 21.1 Å². The van der Waals surface area contributed by atoms with Crippen molar-refractivity contribution in [3.63, 3.8) is 0 Å². The van der Waals surface area contributed by atoms with Crippen molar-refractivity contribution in [1.29, 1.82) is 0 Å². The van der Waals surface area contributed by atoms with Crippen molar-refractivity contribution in [3.8, 4) is 28.3 Å². The molecule has 4 heterocycles. The van der Waals surface area contributed by atoms with E-state index in [4.69, 9.17) is 14.7 Å². The first-order valence-corrected chi connectivity index (χ1v) is 23.5. The monoisotopic (exact) mass is 835 g/mol. The number of rotatable bonds is 6. The normalized spacial score (nSPS) is 20.0. The van der Waals surface area contributed by atoms with Crippen LogP contribution in [0.3, 0.4) is 0 Å². The van der Waals surface area contributed by atoms with Crippen molar-refractivity contribution in [2.45, 2.75) is 136 Å². The highest BCUT2D eigenvalue weighted by Gasteiger charge is 2.57. The molecule has 0 bridgehead atoms. The summed E-state index contributed by atoms with van der Waals surface area (Å²) in [6.45, 7) is 32.4. The number of ether oxygens (including phenoxy) is 1. The van der Waals surface area contributed by atoms with Crippen LogP contribution in [-0.4, -0.2) is 20.1 Å². The van der Waals surface area contributed by atoms with Gasteiger partial charge in [0.25, 0.3) is 0 Å². The molecule has 0 fully saturated rings. The van der Waals surface area contributed by atoms with Crippen molar-refractivity contribution in [2.24, 2.45) is 4.99 Å². The summed E-state index contributed by atoms with van der Waals surface area (Å²) in [5, 5.41) is 3.52. The Labute approximate surface area is 373 Å². The number of aliphatic imine (C=N–C) groups is 1. The van der Waals surface area contributed by atoms with Crippen LogP contribution in [0.4, 0.5) is 0 Å². The molecule has 10 rings (SSSR count). The van der Waals surface area contributed by atoms with Crippen molar-refractivity contribution >= 4 is 38.7 Å². The van der Waals surface area contributed by atoms with Gasteiger partial charge in [-0.05, 0) is 168 Å². The van der Waals surface area contributed by atoms with Crippen LogP contribution in [0.2, 0.25) is 0 Å². The minimum Gasteiger partial charge on any atom is -0.457 e. The van der Waals surface area contributed by atoms with Gasteiger partial charge in [0, 0.05) is 34.0 Å². The van der Waals surface area contributed by atoms with Crippen molar-refractivity contribution in [2.75, 3.05) is 0 Å². The van der Waals surface area contributed by atoms with Gasteiger partial charge in [-0.3, -0.25) is 9.56 Å². The van der Waals surface area contributed by atoms with E-state index in [1.54, 1.807) is 0 Å². The summed E-state index contributed by atoms with van der Waals surface area (Å²) in [6.07, 6.45) is 2.87. The number of pyridine rings is 1. The molecule has 0 radical (unpaired) electrons. The number of hydrogen-bond donors (Lipinski definition) is 0. The lowest BCUT2D eigenvalue weighted by atomic mass is 9.72. The largest absolute Gasteiger partial charge is 0.457 e. The molecule has 0 amide bonds. The first kappa shape index (κ1) is 40.9. The molecular formula is C57H61N3OS. The van der Waals surface area contributed by atoms with Crippen LogP contribution in [0.1, 0.15) is 149 Å². The van der Waals surface area contributed by atoms with Gasteiger partial charge in [0.05, 0.1) is 26.5 Å². The minimum atomic E-state index is -0.255. The van der Waals surface area contributed by atoms with Gasteiger partial charge in [0.15, 0.2) is 0 Å². The lowest BCUT2D eigenvalue weighted by Crippen LogP contribution is -2.36. The highest BCUT2D eigenvalue weighted by Crippen LogP contribution is 2.61. The van der Waals surface area contributed by atoms with Gasteiger partial charge in [-0.1, -0.05) is 110 Å². The standard InChI is InChI=1S/C57H61N3OS/c1-31(2)40-17-15-18-41(32(3)4)50(40)36-24-37(53-59-56(13)30-44-35(7)33(5)20-21-45(44)57(56,14)62-53)26-39(25-36)61-49-29-48-46(23-34(49)6)55(11,12)47-28-38(54(8,9)10)27-43-42-19-16-22-58-52(42)60(48)51(43)47/h15-29,31-32H,30H2,1-14H3/t56-,57+/m1/s1. The zero-order valence-electron chi connectivity index (χ0n) is 39.2. The molecule has 5 heteroatoms. The highest BCUT2D eigenvalue weighted by atomic mass is 32.2. The van der Waals surface area contributed by atoms with Crippen LogP contribution in [0, 0.1) is 20.8 Å². The lowest BCUT2D eigenvalue weighted by molar-refractivity contribution is 0.407. The number of fused-ring (bicyclic) bond motifs is 8. The number of thioether (sulfide) groups is 1. The Morgan fingerprint density at radius 2 is 1.44 bits per heavy atom. The summed E-state index contributed by atoms with van der Waals surface area (Å²) in [7, 11) is 0. The summed E-state index contributed by atoms with van der Waals surface area (Å²) in [5.74, 6) is 2.37. The first-order valence-electron chi connectivity index (χ1n) is 22.7. The molecule has 0 saturated heterocycles. The summed E-state index contributed by atoms with van der Waals surface area (Å²) in [4.78, 5) is 10.7. The fourth-order valence-corrected chi connectivity index (χ4v) is 12.4. The fourth-order valence-electron chi connectivity index (χ4n) is 10.9. The number of hydrogen-bond acceptors (Lipinski definition) is 4. The zero-order chi connectivity index (χ0) is 44.0. The maximum atomic E-state index is 7.27. The van der Waals surface area contributed by atoms with E-state index in [0.29, 0.717) is 11.8 Å². The van der Waals surface area contributed by atoms with E-state index in [1.807, 2.05) is 18.0 Å². The van der Waals surface area contributed by atoms with Crippen LogP contribution in [-0.2, 0) is 22.0 Å². The predicted molar refractivity (Wildman–Crippen MR) is 264 cm³/mol. The van der Waals surface area contributed by atoms with Gasteiger partial charge in [-0.15, -0.1) is 0 Å². The Bertz CT molecular complexity index is 3060. The molecule has 2 aliphatic heterocycles. The summed E-state index contributed by atoms with van der Waals surface area (Å²) >= 11 is 1.93. The molecule has 2 aromatic heterocycles. The number of aryl methyl sites for hydroxylation is 2. The fraction of sp³-hybridized carbons (Fsp3) is 0.368. The second kappa shape index (κ2) is 13.7. The molecule has 0 saturated carbocycles. The quantitative estimate of drug-likeness (QED) is 0.168. The Morgan fingerprint density at radius 1 is 0.726 bits per heavy atom. The summed E-state index contributed by atoms with van der Waals surface area (Å²) in [6, 6.07) is 32.2. The molecule has 62 heavy (non-hydrogen) atoms. The van der Waals surface area contributed by atoms with Crippen molar-refractivity contribution in [3.05, 3.63) is 152 Å². The molecule has 2 atom stereocenters. The van der Waals surface area contributed by atoms with Gasteiger partial charge in [0.1, 0.15) is 17.1 Å². The van der Waals surface area contributed by atoms with Crippen LogP contribution in [0.5, 0.6) is 11.5 Å².